The molecule has 0 saturated heterocycles. The van der Waals surface area contributed by atoms with Gasteiger partial charge < -0.3 is 0 Å². The molecule has 68 valence electrons. The molecule has 0 atom stereocenters. The summed E-state index contributed by atoms with van der Waals surface area (Å²) >= 11 is 0. The largest absolute Gasteiger partial charge is 0.232 e. The Kier molecular flexibility index (Phi) is 3.67. The van der Waals surface area contributed by atoms with Crippen LogP contribution in [0.5, 0.6) is 0 Å². The van der Waals surface area contributed by atoms with Gasteiger partial charge in [0.25, 0.3) is 0 Å². The lowest BCUT2D eigenvalue weighted by Gasteiger charge is -1.90. The van der Waals surface area contributed by atoms with Crippen molar-refractivity contribution in [3.63, 3.8) is 0 Å². The molecule has 0 aliphatic carbocycles. The van der Waals surface area contributed by atoms with Gasteiger partial charge in [-0.15, -0.1) is 0 Å². The Bertz CT molecular complexity index is 406. The molecule has 0 aliphatic heterocycles. The summed E-state index contributed by atoms with van der Waals surface area (Å²) in [5, 5.41) is 11.7. The zero-order valence-electron chi connectivity index (χ0n) is 7.20. The predicted octanol–water partition coefficient (Wildman–Crippen LogP) is 1.67. The summed E-state index contributed by atoms with van der Waals surface area (Å²) in [6.07, 6.45) is 6.45. The molecule has 0 N–H and O–H groups in total. The minimum Gasteiger partial charge on any atom is -0.227 e. The highest BCUT2D eigenvalue weighted by Gasteiger charge is 1.91. The quantitative estimate of drug-likeness (QED) is 0.407. The Balaban J connectivity index is 2.65. The van der Waals surface area contributed by atoms with Gasteiger partial charge in [0, 0.05) is 29.4 Å². The second-order valence-electron chi connectivity index (χ2n) is 2.27. The second-order valence-corrected chi connectivity index (χ2v) is 2.27. The Labute approximate surface area is 80.2 Å². The lowest BCUT2D eigenvalue weighted by Crippen LogP contribution is -1.87. The summed E-state index contributed by atoms with van der Waals surface area (Å²) < 4.78 is 0. The number of rotatable bonds is 3. The van der Waals surface area contributed by atoms with Gasteiger partial charge in [-0.2, -0.15) is 5.26 Å². The third kappa shape index (κ3) is 2.93. The van der Waals surface area contributed by atoms with E-state index in [1.807, 2.05) is 6.07 Å². The number of aromatic nitrogens is 2. The maximum atomic E-state index is 8.43. The summed E-state index contributed by atoms with van der Waals surface area (Å²) in [6, 6.07) is 1.82. The Morgan fingerprint density at radius 2 is 2.29 bits per heavy atom. The van der Waals surface area contributed by atoms with E-state index in [0.29, 0.717) is 0 Å². The molecule has 0 radical (unpaired) electrons. The molecule has 0 amide bonds. The molecule has 1 rings (SSSR count). The summed E-state index contributed by atoms with van der Waals surface area (Å²) in [4.78, 5) is 10.1. The van der Waals surface area contributed by atoms with E-state index < -0.39 is 0 Å². The van der Waals surface area contributed by atoms with Crippen molar-refractivity contribution in [2.75, 3.05) is 6.54 Å². The molecule has 0 fully saturated rings. The zero-order valence-corrected chi connectivity index (χ0v) is 7.20. The lowest BCUT2D eigenvalue weighted by molar-refractivity contribution is 1.10. The molecule has 1 aromatic rings. The average molecular weight is 186 g/mol. The first-order chi connectivity index (χ1) is 6.86. The highest BCUT2D eigenvalue weighted by Crippen LogP contribution is 1.98. The normalized spacial score (nSPS) is 9.36. The van der Waals surface area contributed by atoms with Crippen molar-refractivity contribution in [2.45, 2.75) is 0 Å². The summed E-state index contributed by atoms with van der Waals surface area (Å²) in [7, 11) is 0. The fraction of sp³-hybridized carbons (Fsp3) is 0.125. The monoisotopic (exact) mass is 186 g/mol. The molecular weight excluding hydrogens is 180 g/mol. The van der Waals surface area contributed by atoms with Gasteiger partial charge in [-0.3, -0.25) is 0 Å². The first-order valence-corrected chi connectivity index (χ1v) is 3.76. The molecule has 6 nitrogen and oxygen atoms in total. The molecule has 0 spiro atoms. The van der Waals surface area contributed by atoms with E-state index >= 15 is 0 Å². The molecule has 0 saturated carbocycles. The van der Waals surface area contributed by atoms with Gasteiger partial charge in [-0.1, -0.05) is 17.3 Å². The lowest BCUT2D eigenvalue weighted by atomic mass is 10.3. The molecular formula is C8H6N6. The third-order valence-corrected chi connectivity index (χ3v) is 1.33. The Morgan fingerprint density at radius 1 is 1.57 bits per heavy atom. The van der Waals surface area contributed by atoms with Gasteiger partial charge >= 0.3 is 0 Å². The van der Waals surface area contributed by atoms with Crippen LogP contribution in [0.2, 0.25) is 0 Å². The maximum absolute atomic E-state index is 8.43. The van der Waals surface area contributed by atoms with E-state index in [9.17, 15) is 0 Å². The summed E-state index contributed by atoms with van der Waals surface area (Å²) in [6.45, 7) is 0.288. The summed E-state index contributed by atoms with van der Waals surface area (Å²) in [5.74, 6) is 0.136. The van der Waals surface area contributed by atoms with Crippen molar-refractivity contribution in [2.24, 2.45) is 5.11 Å². The van der Waals surface area contributed by atoms with Gasteiger partial charge in [0.05, 0.1) is 0 Å². The van der Waals surface area contributed by atoms with Gasteiger partial charge in [-0.05, 0) is 5.53 Å². The van der Waals surface area contributed by atoms with Crippen molar-refractivity contribution in [3.05, 3.63) is 40.3 Å². The first-order valence-electron chi connectivity index (χ1n) is 3.76. The zero-order chi connectivity index (χ0) is 10.2. The van der Waals surface area contributed by atoms with E-state index in [4.69, 9.17) is 10.8 Å². The van der Waals surface area contributed by atoms with E-state index in [-0.39, 0.29) is 12.4 Å². The van der Waals surface area contributed by atoms with Crippen LogP contribution in [0.4, 0.5) is 0 Å². The van der Waals surface area contributed by atoms with Crippen LogP contribution in [0.25, 0.3) is 16.5 Å². The van der Waals surface area contributed by atoms with E-state index in [1.54, 1.807) is 12.2 Å². The molecule has 6 heteroatoms. The van der Waals surface area contributed by atoms with Crippen LogP contribution in [-0.4, -0.2) is 16.5 Å². The van der Waals surface area contributed by atoms with Crippen molar-refractivity contribution in [3.8, 4) is 6.07 Å². The topological polar surface area (TPSA) is 98.3 Å². The number of azide groups is 1. The molecule has 0 unspecified atom stereocenters. The SMILES string of the molecule is N#Cc1ncc(C=CCN=[N+]=[N-])cn1. The van der Waals surface area contributed by atoms with E-state index in [1.165, 1.54) is 12.4 Å². The second kappa shape index (κ2) is 5.30. The highest BCUT2D eigenvalue weighted by atomic mass is 15.1. The standard InChI is InChI=1S/C8H6N6/c9-4-8-11-5-7(6-12-8)2-1-3-13-14-10/h1-2,5-6H,3H2. The number of hydrogen-bond donors (Lipinski definition) is 0. The van der Waals surface area contributed by atoms with Crippen LogP contribution in [-0.2, 0) is 0 Å². The summed E-state index contributed by atoms with van der Waals surface area (Å²) in [5.41, 5.74) is 8.76. The Hall–Kier alpha value is -2.38. The Morgan fingerprint density at radius 3 is 2.86 bits per heavy atom. The highest BCUT2D eigenvalue weighted by molar-refractivity contribution is 5.46. The van der Waals surface area contributed by atoms with Crippen LogP contribution >= 0.6 is 0 Å². The number of nitriles is 1. The van der Waals surface area contributed by atoms with Crippen molar-refractivity contribution < 1.29 is 0 Å². The van der Waals surface area contributed by atoms with Gasteiger partial charge in [0.2, 0.25) is 5.82 Å². The molecule has 1 heterocycles. The van der Waals surface area contributed by atoms with Gasteiger partial charge in [0.1, 0.15) is 6.07 Å². The van der Waals surface area contributed by atoms with Crippen molar-refractivity contribution in [1.29, 1.82) is 5.26 Å². The fourth-order valence-corrected chi connectivity index (χ4v) is 0.754. The van der Waals surface area contributed by atoms with Crippen LogP contribution in [0, 0.1) is 11.3 Å². The van der Waals surface area contributed by atoms with Crippen molar-refractivity contribution >= 4 is 6.08 Å². The predicted molar refractivity (Wildman–Crippen MR) is 49.8 cm³/mol. The third-order valence-electron chi connectivity index (χ3n) is 1.33. The first kappa shape index (κ1) is 9.71. The van der Waals surface area contributed by atoms with E-state index in [2.05, 4.69) is 20.0 Å². The fourth-order valence-electron chi connectivity index (χ4n) is 0.754. The molecule has 0 bridgehead atoms. The molecule has 14 heavy (non-hydrogen) atoms. The van der Waals surface area contributed by atoms with Crippen LogP contribution in [0.1, 0.15) is 11.4 Å². The number of nitrogens with zero attached hydrogens (tertiary/aromatic N) is 6. The molecule has 0 aromatic carbocycles. The molecule has 0 aliphatic rings. The van der Waals surface area contributed by atoms with Gasteiger partial charge in [-0.25, -0.2) is 9.97 Å². The maximum Gasteiger partial charge on any atom is 0.232 e. The van der Waals surface area contributed by atoms with Crippen LogP contribution < -0.4 is 0 Å². The van der Waals surface area contributed by atoms with Crippen molar-refractivity contribution in [1.82, 2.24) is 9.97 Å². The van der Waals surface area contributed by atoms with Gasteiger partial charge in [0.15, 0.2) is 0 Å². The minimum absolute atomic E-state index is 0.136. The van der Waals surface area contributed by atoms with Crippen LogP contribution in [0.3, 0.4) is 0 Å². The smallest absolute Gasteiger partial charge is 0.227 e. The van der Waals surface area contributed by atoms with E-state index in [0.717, 1.165) is 5.56 Å². The minimum atomic E-state index is 0.136. The average Bonchev–Trinajstić information content (AvgIpc) is 2.25. The molecule has 1 aromatic heterocycles. The number of hydrogen-bond acceptors (Lipinski definition) is 4. The van der Waals surface area contributed by atoms with Crippen LogP contribution in [0.15, 0.2) is 23.6 Å².